The molecule has 0 bridgehead atoms. The summed E-state index contributed by atoms with van der Waals surface area (Å²) in [6.45, 7) is 4.48. The summed E-state index contributed by atoms with van der Waals surface area (Å²) in [5, 5.41) is 0. The van der Waals surface area contributed by atoms with Crippen molar-refractivity contribution >= 4 is 19.8 Å². The molecule has 0 aromatic rings. The molecule has 0 saturated heterocycles. The number of hydrogen-bond donors (Lipinski definition) is 1. The third kappa shape index (κ3) is 75.0. The van der Waals surface area contributed by atoms with Crippen molar-refractivity contribution in [3.63, 3.8) is 0 Å². The van der Waals surface area contributed by atoms with E-state index >= 15 is 0 Å². The second kappa shape index (κ2) is 71.3. The number of quaternary nitrogens is 1. The van der Waals surface area contributed by atoms with Crippen LogP contribution in [0.2, 0.25) is 0 Å². The predicted molar refractivity (Wildman–Crippen MR) is 390 cm³/mol. The number of phosphoric ester groups is 1. The minimum absolute atomic E-state index is 0.0321. The number of ether oxygens (including phenoxy) is 2. The highest BCUT2D eigenvalue weighted by Gasteiger charge is 2.27. The van der Waals surface area contributed by atoms with Gasteiger partial charge >= 0.3 is 19.8 Å². The summed E-state index contributed by atoms with van der Waals surface area (Å²) >= 11 is 0. The summed E-state index contributed by atoms with van der Waals surface area (Å²) in [6.07, 6.45) is 94.1. The highest BCUT2D eigenvalue weighted by atomic mass is 31.2. The number of allylic oxidation sites excluding steroid dienone is 8. The fourth-order valence-electron chi connectivity index (χ4n) is 11.8. The maximum atomic E-state index is 12.9. The summed E-state index contributed by atoms with van der Waals surface area (Å²) in [4.78, 5) is 35.9. The fourth-order valence-corrected chi connectivity index (χ4v) is 12.5. The number of rotatable bonds is 74. The smallest absolute Gasteiger partial charge is 0.462 e. The van der Waals surface area contributed by atoms with E-state index in [4.69, 9.17) is 18.5 Å². The molecule has 9 nitrogen and oxygen atoms in total. The van der Waals surface area contributed by atoms with Crippen LogP contribution in [0.15, 0.2) is 48.6 Å². The van der Waals surface area contributed by atoms with E-state index in [0.29, 0.717) is 23.9 Å². The molecule has 2 atom stereocenters. The van der Waals surface area contributed by atoms with Crippen LogP contribution in [0.3, 0.4) is 0 Å². The zero-order valence-electron chi connectivity index (χ0n) is 60.7. The van der Waals surface area contributed by atoms with Crippen LogP contribution in [0.4, 0.5) is 0 Å². The molecule has 1 N–H and O–H groups in total. The van der Waals surface area contributed by atoms with Crippen LogP contribution in [-0.2, 0) is 32.7 Å². The second-order valence-corrected chi connectivity index (χ2v) is 29.5. The molecule has 0 aliphatic rings. The average Bonchev–Trinajstić information content (AvgIpc) is 3.58. The Morgan fingerprint density at radius 1 is 0.344 bits per heavy atom. The van der Waals surface area contributed by atoms with Gasteiger partial charge in [-0.2, -0.15) is 0 Å². The standard InChI is InChI=1S/C80H152NO8P/c1-6-8-10-12-14-16-18-20-22-24-26-28-30-32-33-34-35-36-37-38-39-40-41-42-43-44-45-46-47-49-50-52-54-56-58-60-62-64-66-68-70-72-79(82)86-76-78(77-88-90(84,85)87-75-74-81(3,4)5)89-80(83)73-71-69-67-65-63-61-59-57-55-53-51-48-31-29-27-25-23-21-19-17-15-13-11-9-7-2/h19,21,24-27,31,48,78H,6-18,20,22-23,28-30,32-47,49-77H2,1-5H3/p+1/b21-19-,26-24-,27-25-,48-31-. The van der Waals surface area contributed by atoms with Crippen LogP contribution in [-0.4, -0.2) is 74.9 Å². The number of phosphoric acid groups is 1. The lowest BCUT2D eigenvalue weighted by Gasteiger charge is -2.24. The summed E-state index contributed by atoms with van der Waals surface area (Å²) < 4.78 is 34.8. The fraction of sp³-hybridized carbons (Fsp3) is 0.875. The zero-order valence-corrected chi connectivity index (χ0v) is 61.5. The molecule has 0 spiro atoms. The molecule has 90 heavy (non-hydrogen) atoms. The second-order valence-electron chi connectivity index (χ2n) is 28.1. The molecule has 10 heteroatoms. The van der Waals surface area contributed by atoms with Gasteiger partial charge in [0.05, 0.1) is 27.7 Å². The molecule has 0 aromatic carbocycles. The number of hydrogen-bond acceptors (Lipinski definition) is 7. The van der Waals surface area contributed by atoms with Crippen LogP contribution in [0.5, 0.6) is 0 Å². The Labute approximate surface area is 560 Å². The van der Waals surface area contributed by atoms with Gasteiger partial charge in [0.1, 0.15) is 19.8 Å². The quantitative estimate of drug-likeness (QED) is 0.0211. The van der Waals surface area contributed by atoms with Gasteiger partial charge in [-0.3, -0.25) is 18.6 Å². The van der Waals surface area contributed by atoms with E-state index in [0.717, 1.165) is 51.4 Å². The lowest BCUT2D eigenvalue weighted by molar-refractivity contribution is -0.870. The van der Waals surface area contributed by atoms with Gasteiger partial charge in [0, 0.05) is 12.8 Å². The highest BCUT2D eigenvalue weighted by Crippen LogP contribution is 2.43. The topological polar surface area (TPSA) is 108 Å². The monoisotopic (exact) mass is 1290 g/mol. The number of esters is 2. The van der Waals surface area contributed by atoms with Crippen molar-refractivity contribution in [1.29, 1.82) is 0 Å². The average molecular weight is 1290 g/mol. The summed E-state index contributed by atoms with van der Waals surface area (Å²) in [7, 11) is 1.49. The van der Waals surface area contributed by atoms with Crippen molar-refractivity contribution < 1.29 is 42.1 Å². The number of carbonyl (C=O) groups excluding carboxylic acids is 2. The van der Waals surface area contributed by atoms with Gasteiger partial charge in [-0.15, -0.1) is 0 Å². The van der Waals surface area contributed by atoms with Gasteiger partial charge in [0.15, 0.2) is 6.10 Å². The Morgan fingerprint density at radius 2 is 0.600 bits per heavy atom. The van der Waals surface area contributed by atoms with Gasteiger partial charge < -0.3 is 18.9 Å². The lowest BCUT2D eigenvalue weighted by atomic mass is 10.0. The number of carbonyl (C=O) groups is 2. The SMILES string of the molecule is CCCCCCC/C=C\C/C=C\C/C=C\CCCCCCCCCCCCC(=O)OC(COC(=O)CCCCCCCCCCCCCCCCCCCCCCCCCCCCCCC/C=C\CCCCCCCCCC)COP(=O)(O)OCC[N+](C)(C)C. The van der Waals surface area contributed by atoms with Crippen LogP contribution in [0, 0.1) is 0 Å². The minimum Gasteiger partial charge on any atom is -0.462 e. The van der Waals surface area contributed by atoms with E-state index < -0.39 is 26.5 Å². The molecule has 0 amide bonds. The Hall–Kier alpha value is -2.03. The highest BCUT2D eigenvalue weighted by molar-refractivity contribution is 7.47. The van der Waals surface area contributed by atoms with Crippen molar-refractivity contribution in [1.82, 2.24) is 0 Å². The van der Waals surface area contributed by atoms with Crippen molar-refractivity contribution in [3.05, 3.63) is 48.6 Å². The molecule has 0 aliphatic heterocycles. The van der Waals surface area contributed by atoms with Gasteiger partial charge in [0.2, 0.25) is 0 Å². The van der Waals surface area contributed by atoms with Crippen LogP contribution in [0.1, 0.15) is 399 Å². The van der Waals surface area contributed by atoms with Gasteiger partial charge in [-0.25, -0.2) is 4.57 Å². The Balaban J connectivity index is 3.88. The molecule has 0 aliphatic carbocycles. The van der Waals surface area contributed by atoms with E-state index in [1.807, 2.05) is 21.1 Å². The van der Waals surface area contributed by atoms with Gasteiger partial charge in [-0.05, 0) is 77.0 Å². The predicted octanol–water partition coefficient (Wildman–Crippen LogP) is 26.0. The first-order valence-corrected chi connectivity index (χ1v) is 40.9. The van der Waals surface area contributed by atoms with Crippen molar-refractivity contribution in [2.45, 2.75) is 405 Å². The molecular formula is C80H153NO8P+. The normalized spacial score (nSPS) is 13.3. The molecular weight excluding hydrogens is 1130 g/mol. The summed E-state index contributed by atoms with van der Waals surface area (Å²) in [5.74, 6) is -0.783. The van der Waals surface area contributed by atoms with Gasteiger partial charge in [0.25, 0.3) is 0 Å². The van der Waals surface area contributed by atoms with Crippen molar-refractivity contribution in [3.8, 4) is 0 Å². The summed E-state index contributed by atoms with van der Waals surface area (Å²) in [5.41, 5.74) is 0. The molecule has 0 fully saturated rings. The third-order valence-corrected chi connectivity index (χ3v) is 18.8. The van der Waals surface area contributed by atoms with Crippen molar-refractivity contribution in [2.24, 2.45) is 0 Å². The molecule has 0 rings (SSSR count). The Morgan fingerprint density at radius 3 is 0.900 bits per heavy atom. The first-order chi connectivity index (χ1) is 44.0. The lowest BCUT2D eigenvalue weighted by Crippen LogP contribution is -2.37. The van der Waals surface area contributed by atoms with E-state index in [1.165, 1.54) is 315 Å². The zero-order chi connectivity index (χ0) is 65.5. The third-order valence-electron chi connectivity index (χ3n) is 17.8. The number of unbranched alkanes of at least 4 members (excludes halogenated alkanes) is 52. The summed E-state index contributed by atoms with van der Waals surface area (Å²) in [6, 6.07) is 0. The molecule has 0 saturated carbocycles. The number of nitrogens with zero attached hydrogens (tertiary/aromatic N) is 1. The molecule has 2 unspecified atom stereocenters. The molecule has 530 valence electrons. The maximum Gasteiger partial charge on any atom is 0.472 e. The Bertz CT molecular complexity index is 1660. The van der Waals surface area contributed by atoms with Crippen LogP contribution in [0.25, 0.3) is 0 Å². The minimum atomic E-state index is -4.39. The molecule has 0 radical (unpaired) electrons. The van der Waals surface area contributed by atoms with Crippen molar-refractivity contribution in [2.75, 3.05) is 47.5 Å². The van der Waals surface area contributed by atoms with Crippen LogP contribution >= 0.6 is 7.82 Å². The van der Waals surface area contributed by atoms with Gasteiger partial charge in [-0.1, -0.05) is 358 Å². The Kier molecular flexibility index (Phi) is 69.7. The maximum absolute atomic E-state index is 12.9. The first kappa shape index (κ1) is 88.0. The number of likely N-dealkylation sites (N-methyl/N-ethyl adjacent to an activating group) is 1. The largest absolute Gasteiger partial charge is 0.472 e. The van der Waals surface area contributed by atoms with Crippen LogP contribution < -0.4 is 0 Å². The van der Waals surface area contributed by atoms with E-state index in [1.54, 1.807) is 0 Å². The molecule has 0 aromatic heterocycles. The van der Waals surface area contributed by atoms with E-state index in [2.05, 4.69) is 62.5 Å². The first-order valence-electron chi connectivity index (χ1n) is 39.4. The van der Waals surface area contributed by atoms with E-state index in [9.17, 15) is 19.0 Å². The van der Waals surface area contributed by atoms with E-state index in [-0.39, 0.29) is 25.6 Å². The molecule has 0 heterocycles.